The molecule has 3 nitrogen and oxygen atoms in total. The number of rotatable bonds is 0. The first kappa shape index (κ1) is 8.74. The van der Waals surface area contributed by atoms with Gasteiger partial charge in [-0.1, -0.05) is 11.6 Å². The van der Waals surface area contributed by atoms with E-state index in [1.54, 1.807) is 19.0 Å². The Labute approximate surface area is 76.0 Å². The molecule has 0 fully saturated rings. The Kier molecular flexibility index (Phi) is 2.34. The zero-order chi connectivity index (χ0) is 8.59. The third-order valence-electron chi connectivity index (χ3n) is 1.62. The fourth-order valence-corrected chi connectivity index (χ4v) is 1.28. The molecule has 1 heterocycles. The summed E-state index contributed by atoms with van der Waals surface area (Å²) >= 11 is 9.89. The summed E-state index contributed by atoms with van der Waals surface area (Å²) in [7, 11) is 3.45. The number of nitrogens with zero attached hydrogens (tertiary/aromatic N) is 2. The number of likely N-dealkylation sites (N-methyl/N-ethyl adjacent to an activating group) is 1. The highest BCUT2D eigenvalue weighted by atomic mass is 35.5. The number of carbonyl (C=O) groups is 1. The highest BCUT2D eigenvalue weighted by Crippen LogP contribution is 2.21. The second kappa shape index (κ2) is 2.95. The third kappa shape index (κ3) is 1.46. The van der Waals surface area contributed by atoms with E-state index in [1.165, 1.54) is 11.0 Å². The van der Waals surface area contributed by atoms with Crippen molar-refractivity contribution >= 4 is 30.1 Å². The summed E-state index contributed by atoms with van der Waals surface area (Å²) in [6.07, 6.45) is 1.37. The maximum absolute atomic E-state index is 11.0. The van der Waals surface area contributed by atoms with Gasteiger partial charge in [0.15, 0.2) is 0 Å². The van der Waals surface area contributed by atoms with Crippen LogP contribution in [0.25, 0.3) is 0 Å². The van der Waals surface area contributed by atoms with Crippen molar-refractivity contribution in [2.45, 2.75) is 5.50 Å². The molecule has 0 N–H and O–H groups in total. The van der Waals surface area contributed by atoms with Gasteiger partial charge in [0, 0.05) is 20.2 Å². The lowest BCUT2D eigenvalue weighted by Gasteiger charge is -2.35. The van der Waals surface area contributed by atoms with Crippen LogP contribution in [0.5, 0.6) is 0 Å². The van der Waals surface area contributed by atoms with Crippen LogP contribution in [0.4, 0.5) is 0 Å². The molecule has 0 aromatic rings. The molecule has 11 heavy (non-hydrogen) atoms. The van der Waals surface area contributed by atoms with Crippen LogP contribution in [0.15, 0.2) is 11.2 Å². The van der Waals surface area contributed by atoms with Crippen molar-refractivity contribution < 1.29 is 4.79 Å². The Hall–Kier alpha value is -0.350. The summed E-state index contributed by atoms with van der Waals surface area (Å²) < 4.78 is 0. The van der Waals surface area contributed by atoms with Crippen LogP contribution >= 0.6 is 24.2 Å². The van der Waals surface area contributed by atoms with Gasteiger partial charge in [-0.05, 0) is 0 Å². The van der Waals surface area contributed by atoms with E-state index >= 15 is 0 Å². The number of halogens is 1. The van der Waals surface area contributed by atoms with Gasteiger partial charge < -0.3 is 9.80 Å². The van der Waals surface area contributed by atoms with Crippen molar-refractivity contribution in [3.05, 3.63) is 11.2 Å². The van der Waals surface area contributed by atoms with Crippen molar-refractivity contribution in [1.29, 1.82) is 0 Å². The normalized spacial score (nSPS) is 25.6. The smallest absolute Gasteiger partial charge is 0.251 e. The van der Waals surface area contributed by atoms with E-state index in [2.05, 4.69) is 12.6 Å². The highest BCUT2D eigenvalue weighted by Gasteiger charge is 2.25. The van der Waals surface area contributed by atoms with Gasteiger partial charge in [0.05, 0.1) is 0 Å². The molecule has 0 saturated heterocycles. The van der Waals surface area contributed by atoms with Crippen LogP contribution in [0, 0.1) is 0 Å². The Morgan fingerprint density at radius 1 is 1.55 bits per heavy atom. The van der Waals surface area contributed by atoms with E-state index in [0.29, 0.717) is 5.16 Å². The number of hydrogen-bond donors (Lipinski definition) is 1. The van der Waals surface area contributed by atoms with E-state index in [1.807, 2.05) is 0 Å². The molecule has 0 aliphatic carbocycles. The second-order valence-corrected chi connectivity index (χ2v) is 3.22. The number of hydrogen-bond acceptors (Lipinski definition) is 3. The fourth-order valence-electron chi connectivity index (χ4n) is 0.789. The molecule has 62 valence electrons. The molecule has 0 aromatic heterocycles. The molecular weight excluding hydrogens is 184 g/mol. The van der Waals surface area contributed by atoms with Crippen molar-refractivity contribution in [2.24, 2.45) is 0 Å². The van der Waals surface area contributed by atoms with E-state index in [9.17, 15) is 4.79 Å². The minimum Gasteiger partial charge on any atom is -0.336 e. The molecule has 1 atom stereocenters. The van der Waals surface area contributed by atoms with Crippen LogP contribution in [-0.2, 0) is 4.79 Å². The maximum Gasteiger partial charge on any atom is 0.251 e. The Morgan fingerprint density at radius 2 is 2.09 bits per heavy atom. The molecule has 1 unspecified atom stereocenters. The predicted octanol–water partition coefficient (Wildman–Crippen LogP) is 0.684. The molecule has 0 aromatic carbocycles. The Morgan fingerprint density at radius 3 is 2.64 bits per heavy atom. The molecule has 0 bridgehead atoms. The largest absolute Gasteiger partial charge is 0.336 e. The van der Waals surface area contributed by atoms with E-state index < -0.39 is 0 Å². The Balaban J connectivity index is 2.92. The molecule has 0 spiro atoms. The summed E-state index contributed by atoms with van der Waals surface area (Å²) in [6.45, 7) is 0. The first-order chi connectivity index (χ1) is 5.04. The summed E-state index contributed by atoms with van der Waals surface area (Å²) in [6, 6.07) is 0. The number of thiol groups is 1. The van der Waals surface area contributed by atoms with Gasteiger partial charge in [-0.2, -0.15) is 0 Å². The van der Waals surface area contributed by atoms with Crippen LogP contribution in [0.1, 0.15) is 0 Å². The second-order valence-electron chi connectivity index (χ2n) is 2.37. The lowest BCUT2D eigenvalue weighted by molar-refractivity contribution is -0.128. The van der Waals surface area contributed by atoms with Crippen LogP contribution in [0.3, 0.4) is 0 Å². The number of carbonyl (C=O) groups excluding carboxylic acids is 1. The molecular formula is C6H9ClN2OS. The molecule has 0 radical (unpaired) electrons. The molecule has 5 heteroatoms. The van der Waals surface area contributed by atoms with Gasteiger partial charge >= 0.3 is 0 Å². The topological polar surface area (TPSA) is 23.6 Å². The lowest BCUT2D eigenvalue weighted by atomic mass is 10.4. The third-order valence-corrected chi connectivity index (χ3v) is 2.69. The van der Waals surface area contributed by atoms with E-state index in [0.717, 1.165) is 0 Å². The van der Waals surface area contributed by atoms with E-state index in [-0.39, 0.29) is 11.4 Å². The summed E-state index contributed by atoms with van der Waals surface area (Å²) in [5.74, 6) is -0.117. The standard InChI is InChI=1S/C6H9ClN2OS/c1-8-4(7)3-5(10)9(2)6(8)11/h3,6,11H,1-2H3. The van der Waals surface area contributed by atoms with Gasteiger partial charge in [-0.25, -0.2) is 0 Å². The zero-order valence-electron chi connectivity index (χ0n) is 6.28. The van der Waals surface area contributed by atoms with Crippen LogP contribution in [-0.4, -0.2) is 35.3 Å². The molecule has 1 rings (SSSR count). The number of amides is 1. The van der Waals surface area contributed by atoms with Crippen molar-refractivity contribution in [1.82, 2.24) is 9.80 Å². The van der Waals surface area contributed by atoms with Gasteiger partial charge in [-0.3, -0.25) is 4.79 Å². The fraction of sp³-hybridized carbons (Fsp3) is 0.500. The quantitative estimate of drug-likeness (QED) is 0.451. The van der Waals surface area contributed by atoms with Gasteiger partial charge in [0.2, 0.25) is 0 Å². The van der Waals surface area contributed by atoms with Crippen molar-refractivity contribution in [2.75, 3.05) is 14.1 Å². The lowest BCUT2D eigenvalue weighted by Crippen LogP contribution is -2.45. The zero-order valence-corrected chi connectivity index (χ0v) is 7.93. The summed E-state index contributed by atoms with van der Waals surface area (Å²) in [5.41, 5.74) is -0.264. The first-order valence-corrected chi connectivity index (χ1v) is 3.98. The monoisotopic (exact) mass is 192 g/mol. The predicted molar refractivity (Wildman–Crippen MR) is 47.2 cm³/mol. The van der Waals surface area contributed by atoms with Crippen molar-refractivity contribution in [3.63, 3.8) is 0 Å². The average molecular weight is 193 g/mol. The van der Waals surface area contributed by atoms with E-state index in [4.69, 9.17) is 11.6 Å². The first-order valence-electron chi connectivity index (χ1n) is 3.09. The van der Waals surface area contributed by atoms with Crippen LogP contribution < -0.4 is 0 Å². The van der Waals surface area contributed by atoms with Gasteiger partial charge in [0.25, 0.3) is 5.91 Å². The minimum atomic E-state index is -0.264. The Bertz CT molecular complexity index is 219. The summed E-state index contributed by atoms with van der Waals surface area (Å²) in [4.78, 5) is 14.2. The molecule has 1 aliphatic rings. The van der Waals surface area contributed by atoms with Gasteiger partial charge in [-0.15, -0.1) is 12.6 Å². The molecule has 0 saturated carbocycles. The highest BCUT2D eigenvalue weighted by molar-refractivity contribution is 7.80. The minimum absolute atomic E-state index is 0.117. The summed E-state index contributed by atoms with van der Waals surface area (Å²) in [5, 5.41) is 0.424. The average Bonchev–Trinajstić information content (AvgIpc) is 1.97. The maximum atomic E-state index is 11.0. The SMILES string of the molecule is CN1C(=O)C=C(Cl)N(C)C1S. The van der Waals surface area contributed by atoms with Crippen molar-refractivity contribution in [3.8, 4) is 0 Å². The van der Waals surface area contributed by atoms with Gasteiger partial charge in [0.1, 0.15) is 10.7 Å². The van der Waals surface area contributed by atoms with Crippen LogP contribution in [0.2, 0.25) is 0 Å². The molecule has 1 aliphatic heterocycles. The molecule has 1 amide bonds.